The Kier molecular flexibility index (Phi) is 6.02. The number of sulfonamides is 1. The molecule has 0 radical (unpaired) electrons. The van der Waals surface area contributed by atoms with Gasteiger partial charge in [0.15, 0.2) is 0 Å². The standard InChI is InChI=1S/C10H10Br2F3NO3S/c11-7-1-2-8(12)9(5-7)20(18,19)16(3-4-17)6-10(13,14)15/h1-2,5,17H,3-4,6H2. The number of benzene rings is 1. The van der Waals surface area contributed by atoms with Crippen molar-refractivity contribution < 1.29 is 26.7 Å². The fraction of sp³-hybridized carbons (Fsp3) is 0.400. The Hall–Kier alpha value is -0.160. The first-order chi connectivity index (χ1) is 9.08. The summed E-state index contributed by atoms with van der Waals surface area (Å²) in [6.07, 6.45) is -4.69. The molecule has 1 N–H and O–H groups in total. The highest BCUT2D eigenvalue weighted by Gasteiger charge is 2.37. The summed E-state index contributed by atoms with van der Waals surface area (Å²) in [5, 5.41) is 8.77. The second kappa shape index (κ2) is 6.73. The molecule has 0 aromatic heterocycles. The fourth-order valence-corrected chi connectivity index (χ4v) is 4.29. The van der Waals surface area contributed by atoms with E-state index in [1.54, 1.807) is 6.07 Å². The van der Waals surface area contributed by atoms with Crippen molar-refractivity contribution in [1.29, 1.82) is 0 Å². The quantitative estimate of drug-likeness (QED) is 0.765. The molecular formula is C10H10Br2F3NO3S. The van der Waals surface area contributed by atoms with Crippen LogP contribution in [0.5, 0.6) is 0 Å². The molecule has 0 fully saturated rings. The van der Waals surface area contributed by atoms with Gasteiger partial charge in [0.2, 0.25) is 10.0 Å². The highest BCUT2D eigenvalue weighted by Crippen LogP contribution is 2.29. The van der Waals surface area contributed by atoms with Gasteiger partial charge in [-0.3, -0.25) is 0 Å². The molecule has 114 valence electrons. The lowest BCUT2D eigenvalue weighted by atomic mass is 10.4. The topological polar surface area (TPSA) is 57.6 Å². The molecule has 0 aliphatic rings. The SMILES string of the molecule is O=S(=O)(c1cc(Br)ccc1Br)N(CCO)CC(F)(F)F. The molecule has 0 unspecified atom stereocenters. The van der Waals surface area contributed by atoms with Crippen LogP contribution in [0.3, 0.4) is 0 Å². The number of rotatable bonds is 5. The molecule has 0 spiro atoms. The van der Waals surface area contributed by atoms with Crippen LogP contribution >= 0.6 is 31.9 Å². The third kappa shape index (κ3) is 4.69. The molecule has 0 bridgehead atoms. The van der Waals surface area contributed by atoms with E-state index in [4.69, 9.17) is 5.11 Å². The molecule has 0 saturated heterocycles. The van der Waals surface area contributed by atoms with Gasteiger partial charge in [0, 0.05) is 15.5 Å². The first-order valence-corrected chi connectivity index (χ1v) is 8.23. The maximum Gasteiger partial charge on any atom is 0.402 e. The summed E-state index contributed by atoms with van der Waals surface area (Å²) in [5.41, 5.74) is 0. The van der Waals surface area contributed by atoms with Crippen molar-refractivity contribution in [3.63, 3.8) is 0 Å². The third-order valence-electron chi connectivity index (χ3n) is 2.22. The number of halogens is 5. The molecular weight excluding hydrogens is 431 g/mol. The van der Waals surface area contributed by atoms with E-state index in [1.165, 1.54) is 12.1 Å². The van der Waals surface area contributed by atoms with Crippen molar-refractivity contribution >= 4 is 41.9 Å². The summed E-state index contributed by atoms with van der Waals surface area (Å²) in [5.74, 6) is 0. The van der Waals surface area contributed by atoms with Crippen molar-refractivity contribution in [1.82, 2.24) is 4.31 Å². The minimum absolute atomic E-state index is 0.144. The average Bonchev–Trinajstić information content (AvgIpc) is 2.30. The Bertz CT molecular complexity index is 578. The summed E-state index contributed by atoms with van der Waals surface area (Å²) in [4.78, 5) is -0.301. The summed E-state index contributed by atoms with van der Waals surface area (Å²) in [7, 11) is -4.37. The first kappa shape index (κ1) is 17.9. The molecule has 0 amide bonds. The highest BCUT2D eigenvalue weighted by atomic mass is 79.9. The minimum Gasteiger partial charge on any atom is -0.395 e. The lowest BCUT2D eigenvalue weighted by Gasteiger charge is -2.23. The van der Waals surface area contributed by atoms with Crippen LogP contribution < -0.4 is 0 Å². The number of hydrogen-bond donors (Lipinski definition) is 1. The van der Waals surface area contributed by atoms with E-state index in [-0.39, 0.29) is 13.7 Å². The van der Waals surface area contributed by atoms with Crippen LogP contribution in [0.1, 0.15) is 0 Å². The van der Waals surface area contributed by atoms with Gasteiger partial charge in [0.05, 0.1) is 11.5 Å². The number of aliphatic hydroxyl groups excluding tert-OH is 1. The van der Waals surface area contributed by atoms with E-state index in [0.717, 1.165) is 0 Å². The molecule has 0 aliphatic heterocycles. The molecule has 1 aromatic carbocycles. The predicted molar refractivity (Wildman–Crippen MR) is 73.7 cm³/mol. The van der Waals surface area contributed by atoms with Gasteiger partial charge >= 0.3 is 6.18 Å². The van der Waals surface area contributed by atoms with Gasteiger partial charge in [0.25, 0.3) is 0 Å². The number of hydrogen-bond acceptors (Lipinski definition) is 3. The van der Waals surface area contributed by atoms with E-state index in [2.05, 4.69) is 31.9 Å². The number of alkyl halides is 3. The first-order valence-electron chi connectivity index (χ1n) is 5.21. The maximum absolute atomic E-state index is 12.4. The third-order valence-corrected chi connectivity index (χ3v) is 5.55. The molecule has 20 heavy (non-hydrogen) atoms. The largest absolute Gasteiger partial charge is 0.402 e. The van der Waals surface area contributed by atoms with Crippen molar-refractivity contribution in [2.45, 2.75) is 11.1 Å². The highest BCUT2D eigenvalue weighted by molar-refractivity contribution is 9.11. The van der Waals surface area contributed by atoms with Crippen LogP contribution in [-0.4, -0.2) is 43.7 Å². The minimum atomic E-state index is -4.69. The number of nitrogens with zero attached hydrogens (tertiary/aromatic N) is 1. The second-order valence-electron chi connectivity index (χ2n) is 3.75. The van der Waals surface area contributed by atoms with Gasteiger partial charge in [-0.2, -0.15) is 17.5 Å². The van der Waals surface area contributed by atoms with E-state index >= 15 is 0 Å². The Morgan fingerprint density at radius 2 is 1.85 bits per heavy atom. The van der Waals surface area contributed by atoms with Crippen molar-refractivity contribution in [3.05, 3.63) is 27.1 Å². The Morgan fingerprint density at radius 3 is 2.35 bits per heavy atom. The fourth-order valence-electron chi connectivity index (χ4n) is 1.41. The van der Waals surface area contributed by atoms with Crippen molar-refractivity contribution in [2.24, 2.45) is 0 Å². The Morgan fingerprint density at radius 1 is 1.25 bits per heavy atom. The van der Waals surface area contributed by atoms with Crippen LogP contribution in [0.25, 0.3) is 0 Å². The molecule has 0 atom stereocenters. The van der Waals surface area contributed by atoms with Gasteiger partial charge < -0.3 is 5.11 Å². The van der Waals surface area contributed by atoms with Crippen LogP contribution in [-0.2, 0) is 10.0 Å². The molecule has 1 rings (SSSR count). The smallest absolute Gasteiger partial charge is 0.395 e. The summed E-state index contributed by atoms with van der Waals surface area (Å²) in [6.45, 7) is -3.00. The summed E-state index contributed by atoms with van der Waals surface area (Å²) in [6, 6.07) is 4.14. The van der Waals surface area contributed by atoms with E-state index in [9.17, 15) is 21.6 Å². The normalized spacial score (nSPS) is 12.9. The molecule has 0 saturated carbocycles. The zero-order chi connectivity index (χ0) is 15.6. The number of aliphatic hydroxyl groups is 1. The molecule has 10 heteroatoms. The van der Waals surface area contributed by atoms with Crippen LogP contribution in [0, 0.1) is 0 Å². The molecule has 0 heterocycles. The van der Waals surface area contributed by atoms with Crippen molar-refractivity contribution in [3.8, 4) is 0 Å². The Labute approximate surface area is 130 Å². The van der Waals surface area contributed by atoms with Gasteiger partial charge in [-0.15, -0.1) is 0 Å². The summed E-state index contributed by atoms with van der Waals surface area (Å²) < 4.78 is 62.6. The lowest BCUT2D eigenvalue weighted by molar-refractivity contribution is -0.136. The monoisotopic (exact) mass is 439 g/mol. The van der Waals surface area contributed by atoms with E-state index < -0.39 is 35.9 Å². The van der Waals surface area contributed by atoms with Crippen molar-refractivity contribution in [2.75, 3.05) is 19.7 Å². The predicted octanol–water partition coefficient (Wildman–Crippen LogP) is 2.76. The van der Waals surface area contributed by atoms with Crippen LogP contribution in [0.15, 0.2) is 32.0 Å². The van der Waals surface area contributed by atoms with Gasteiger partial charge in [-0.25, -0.2) is 8.42 Å². The van der Waals surface area contributed by atoms with Gasteiger partial charge in [-0.05, 0) is 34.1 Å². The molecule has 1 aromatic rings. The van der Waals surface area contributed by atoms with Gasteiger partial charge in [0.1, 0.15) is 6.54 Å². The Balaban J connectivity index is 3.26. The van der Waals surface area contributed by atoms with Crippen LogP contribution in [0.4, 0.5) is 13.2 Å². The second-order valence-corrected chi connectivity index (χ2v) is 7.43. The lowest BCUT2D eigenvalue weighted by Crippen LogP contribution is -2.40. The van der Waals surface area contributed by atoms with Gasteiger partial charge in [-0.1, -0.05) is 15.9 Å². The van der Waals surface area contributed by atoms with Crippen LogP contribution in [0.2, 0.25) is 0 Å². The molecule has 0 aliphatic carbocycles. The van der Waals surface area contributed by atoms with E-state index in [0.29, 0.717) is 4.47 Å². The maximum atomic E-state index is 12.4. The van der Waals surface area contributed by atoms with E-state index in [1.807, 2.05) is 0 Å². The zero-order valence-electron chi connectivity index (χ0n) is 9.86. The summed E-state index contributed by atoms with van der Waals surface area (Å²) >= 11 is 6.06. The molecule has 4 nitrogen and oxygen atoms in total. The average molecular weight is 441 g/mol. The zero-order valence-corrected chi connectivity index (χ0v) is 13.9.